The largest absolute Gasteiger partial charge is 0.481 e. The zero-order valence-electron chi connectivity index (χ0n) is 12.0. The average Bonchev–Trinajstić information content (AvgIpc) is 2.73. The van der Waals surface area contributed by atoms with E-state index in [-0.39, 0.29) is 18.0 Å². The summed E-state index contributed by atoms with van der Waals surface area (Å²) in [5.41, 5.74) is 3.69. The molecule has 0 radical (unpaired) electrons. The van der Waals surface area contributed by atoms with Gasteiger partial charge in [-0.25, -0.2) is 0 Å². The number of fused-ring (bicyclic) bond motifs is 5. The number of carboxylic acids is 1. The Balaban J connectivity index is 1.92. The number of hydrogen-bond donors (Lipinski definition) is 1. The van der Waals surface area contributed by atoms with Gasteiger partial charge in [0.05, 0.1) is 12.0 Å². The van der Waals surface area contributed by atoms with Gasteiger partial charge in [-0.05, 0) is 18.1 Å². The van der Waals surface area contributed by atoms with Gasteiger partial charge in [0, 0.05) is 36.2 Å². The van der Waals surface area contributed by atoms with Crippen molar-refractivity contribution in [3.8, 4) is 0 Å². The van der Waals surface area contributed by atoms with Crippen molar-refractivity contribution in [1.29, 1.82) is 0 Å². The van der Waals surface area contributed by atoms with E-state index in [4.69, 9.17) is 0 Å². The van der Waals surface area contributed by atoms with E-state index >= 15 is 0 Å². The van der Waals surface area contributed by atoms with Crippen LogP contribution in [0.5, 0.6) is 0 Å². The van der Waals surface area contributed by atoms with E-state index in [2.05, 4.69) is 34.2 Å². The highest BCUT2D eigenvalue weighted by Gasteiger charge is 2.54. The second kappa shape index (κ2) is 4.21. The third-order valence-electron chi connectivity index (χ3n) is 5.14. The normalized spacial score (nSPS) is 27.8. The summed E-state index contributed by atoms with van der Waals surface area (Å²) in [6.45, 7) is 4.72. The second-order valence-corrected chi connectivity index (χ2v) is 5.96. The molecule has 0 amide bonds. The Hall–Kier alpha value is -2.07. The lowest BCUT2D eigenvalue weighted by atomic mass is 9.74. The molecule has 108 valence electrons. The van der Waals surface area contributed by atoms with E-state index in [1.54, 1.807) is 6.08 Å². The molecule has 3 heterocycles. The first-order valence-corrected chi connectivity index (χ1v) is 7.32. The molecule has 21 heavy (non-hydrogen) atoms. The first kappa shape index (κ1) is 12.7. The van der Waals surface area contributed by atoms with Crippen LogP contribution in [0.3, 0.4) is 0 Å². The maximum atomic E-state index is 11.7. The summed E-state index contributed by atoms with van der Waals surface area (Å²) in [5.74, 6) is -1.11. The fraction of sp³-hybridized carbons (Fsp3) is 0.353. The predicted octanol–water partition coefficient (Wildman–Crippen LogP) is 2.35. The standard InChI is InChI=1S/C17H18N2O2/c1-3-12-14(17(20)21)16-15-11(8-9-19(12)16)10-6-4-5-7-13(10)18(15)2/h3-7,12,14,16H,1,8-9H2,2H3,(H,20,21)/t12-,14-,16+/m1/s1. The van der Waals surface area contributed by atoms with Crippen LogP contribution < -0.4 is 0 Å². The number of aliphatic carboxylic acids is 1. The number of aromatic nitrogens is 1. The van der Waals surface area contributed by atoms with Crippen molar-refractivity contribution in [2.45, 2.75) is 18.5 Å². The van der Waals surface area contributed by atoms with E-state index in [9.17, 15) is 9.90 Å². The SMILES string of the molecule is C=C[C@@H]1[C@@H](C(=O)O)[C@H]2c3c(c4ccccc4n3C)CCN12. The first-order chi connectivity index (χ1) is 10.1. The fourth-order valence-electron chi connectivity index (χ4n) is 4.23. The molecule has 0 bridgehead atoms. The van der Waals surface area contributed by atoms with E-state index in [1.165, 1.54) is 22.2 Å². The highest BCUT2D eigenvalue weighted by atomic mass is 16.4. The second-order valence-electron chi connectivity index (χ2n) is 5.96. The Kier molecular flexibility index (Phi) is 2.54. The monoisotopic (exact) mass is 282 g/mol. The number of rotatable bonds is 2. The summed E-state index contributed by atoms with van der Waals surface area (Å²) >= 11 is 0. The summed E-state index contributed by atoms with van der Waals surface area (Å²) in [4.78, 5) is 13.9. The van der Waals surface area contributed by atoms with E-state index in [0.29, 0.717) is 0 Å². The van der Waals surface area contributed by atoms with Gasteiger partial charge in [0.15, 0.2) is 0 Å². The molecule has 1 N–H and O–H groups in total. The number of para-hydroxylation sites is 1. The van der Waals surface area contributed by atoms with Gasteiger partial charge in [-0.3, -0.25) is 9.69 Å². The van der Waals surface area contributed by atoms with E-state index in [1.807, 2.05) is 13.1 Å². The molecule has 2 aliphatic rings. The average molecular weight is 282 g/mol. The molecule has 2 aliphatic heterocycles. The van der Waals surface area contributed by atoms with Gasteiger partial charge in [0.1, 0.15) is 0 Å². The highest BCUT2D eigenvalue weighted by Crippen LogP contribution is 2.50. The molecule has 1 saturated heterocycles. The molecule has 1 fully saturated rings. The first-order valence-electron chi connectivity index (χ1n) is 7.32. The van der Waals surface area contributed by atoms with Gasteiger partial charge in [-0.2, -0.15) is 0 Å². The molecule has 2 aromatic rings. The van der Waals surface area contributed by atoms with Crippen LogP contribution in [0.2, 0.25) is 0 Å². The van der Waals surface area contributed by atoms with E-state index in [0.717, 1.165) is 13.0 Å². The molecule has 0 unspecified atom stereocenters. The molecule has 0 aliphatic carbocycles. The third kappa shape index (κ3) is 1.45. The number of hydrogen-bond acceptors (Lipinski definition) is 2. The van der Waals surface area contributed by atoms with Gasteiger partial charge in [0.25, 0.3) is 0 Å². The summed E-state index contributed by atoms with van der Waals surface area (Å²) < 4.78 is 2.18. The lowest BCUT2D eigenvalue weighted by Gasteiger charge is -2.54. The van der Waals surface area contributed by atoms with Gasteiger partial charge in [0.2, 0.25) is 0 Å². The molecule has 3 atom stereocenters. The third-order valence-corrected chi connectivity index (χ3v) is 5.14. The number of carboxylic acid groups (broad SMARTS) is 1. The molecule has 1 aromatic carbocycles. The van der Waals surface area contributed by atoms with Crippen molar-refractivity contribution >= 4 is 16.9 Å². The minimum Gasteiger partial charge on any atom is -0.481 e. The molecule has 4 nitrogen and oxygen atoms in total. The van der Waals surface area contributed by atoms with Gasteiger partial charge in [-0.15, -0.1) is 6.58 Å². The van der Waals surface area contributed by atoms with Crippen LogP contribution in [0.15, 0.2) is 36.9 Å². The molecular formula is C17H18N2O2. The van der Waals surface area contributed by atoms with Gasteiger partial charge >= 0.3 is 5.97 Å². The molecule has 4 rings (SSSR count). The smallest absolute Gasteiger partial charge is 0.310 e. The molecular weight excluding hydrogens is 264 g/mol. The van der Waals surface area contributed by atoms with Crippen LogP contribution in [0.25, 0.3) is 10.9 Å². The molecule has 1 aromatic heterocycles. The van der Waals surface area contributed by atoms with Crippen molar-refractivity contribution in [3.05, 3.63) is 48.2 Å². The van der Waals surface area contributed by atoms with Gasteiger partial charge < -0.3 is 9.67 Å². The maximum absolute atomic E-state index is 11.7. The van der Waals surface area contributed by atoms with Crippen LogP contribution >= 0.6 is 0 Å². The Morgan fingerprint density at radius 3 is 2.90 bits per heavy atom. The number of benzene rings is 1. The number of aryl methyl sites for hydroxylation is 1. The van der Waals surface area contributed by atoms with Crippen LogP contribution in [0.1, 0.15) is 17.3 Å². The Morgan fingerprint density at radius 1 is 1.43 bits per heavy atom. The predicted molar refractivity (Wildman–Crippen MR) is 81.2 cm³/mol. The molecule has 4 heteroatoms. The quantitative estimate of drug-likeness (QED) is 0.860. The Morgan fingerprint density at radius 2 is 2.19 bits per heavy atom. The minimum absolute atomic E-state index is 0.0216. The summed E-state index contributed by atoms with van der Waals surface area (Å²) in [5, 5.41) is 10.8. The van der Waals surface area contributed by atoms with Crippen LogP contribution in [0, 0.1) is 5.92 Å². The van der Waals surface area contributed by atoms with Crippen LogP contribution in [-0.2, 0) is 18.3 Å². The van der Waals surface area contributed by atoms with E-state index < -0.39 is 5.97 Å². The van der Waals surface area contributed by atoms with Crippen LogP contribution in [0.4, 0.5) is 0 Å². The van der Waals surface area contributed by atoms with Gasteiger partial charge in [-0.1, -0.05) is 24.3 Å². The summed E-state index contributed by atoms with van der Waals surface area (Å²) in [6.07, 6.45) is 2.76. The fourth-order valence-corrected chi connectivity index (χ4v) is 4.23. The summed E-state index contributed by atoms with van der Waals surface area (Å²) in [6, 6.07) is 8.27. The van der Waals surface area contributed by atoms with Crippen molar-refractivity contribution < 1.29 is 9.90 Å². The zero-order valence-corrected chi connectivity index (χ0v) is 12.0. The van der Waals surface area contributed by atoms with Crippen molar-refractivity contribution in [3.63, 3.8) is 0 Å². The van der Waals surface area contributed by atoms with Crippen LogP contribution in [-0.4, -0.2) is 33.1 Å². The van der Waals surface area contributed by atoms with Crippen molar-refractivity contribution in [1.82, 2.24) is 9.47 Å². The van der Waals surface area contributed by atoms with Crippen molar-refractivity contribution in [2.24, 2.45) is 13.0 Å². The number of nitrogens with zero attached hydrogens (tertiary/aromatic N) is 2. The number of carbonyl (C=O) groups is 1. The zero-order chi connectivity index (χ0) is 14.7. The lowest BCUT2D eigenvalue weighted by Crippen LogP contribution is -2.62. The Labute approximate surface area is 123 Å². The topological polar surface area (TPSA) is 45.5 Å². The minimum atomic E-state index is -0.723. The highest BCUT2D eigenvalue weighted by molar-refractivity contribution is 5.87. The lowest BCUT2D eigenvalue weighted by molar-refractivity contribution is -0.159. The maximum Gasteiger partial charge on any atom is 0.310 e. The Bertz CT molecular complexity index is 761. The molecule has 0 spiro atoms. The summed E-state index contributed by atoms with van der Waals surface area (Å²) in [7, 11) is 2.05. The molecule has 0 saturated carbocycles. The van der Waals surface area contributed by atoms with Crippen molar-refractivity contribution in [2.75, 3.05) is 6.54 Å².